The number of nitrogens with one attached hydrogen (secondary N) is 3. The van der Waals surface area contributed by atoms with Crippen molar-refractivity contribution in [3.63, 3.8) is 0 Å². The van der Waals surface area contributed by atoms with Crippen LogP contribution < -0.4 is 16.0 Å². The van der Waals surface area contributed by atoms with Gasteiger partial charge in [-0.3, -0.25) is 4.79 Å². The third-order valence-electron chi connectivity index (χ3n) is 3.79. The Morgan fingerprint density at radius 3 is 2.55 bits per heavy atom. The van der Waals surface area contributed by atoms with Crippen molar-refractivity contribution < 1.29 is 9.32 Å². The van der Waals surface area contributed by atoms with Crippen LogP contribution in [0, 0.1) is 6.92 Å². The summed E-state index contributed by atoms with van der Waals surface area (Å²) in [6.07, 6.45) is 0. The van der Waals surface area contributed by atoms with Gasteiger partial charge < -0.3 is 20.5 Å². The fourth-order valence-electron chi connectivity index (χ4n) is 2.52. The third kappa shape index (κ3) is 4.72. The molecule has 0 atom stereocenters. The zero-order valence-electron chi connectivity index (χ0n) is 17.0. The molecule has 156 valence electrons. The van der Waals surface area contributed by atoms with Crippen LogP contribution in [0.2, 0.25) is 0 Å². The number of nitrogens with zero attached hydrogens (tertiary/aromatic N) is 7. The van der Waals surface area contributed by atoms with Gasteiger partial charge in [-0.1, -0.05) is 16.9 Å². The molecule has 0 saturated heterocycles. The molecule has 3 heterocycles. The van der Waals surface area contributed by atoms with Crippen LogP contribution in [0.4, 0.5) is 11.9 Å². The molecule has 0 bridgehead atoms. The summed E-state index contributed by atoms with van der Waals surface area (Å²) in [5.41, 5.74) is -0.763. The maximum atomic E-state index is 12.5. The largest absolute Gasteiger partial charge is 0.355 e. The van der Waals surface area contributed by atoms with Gasteiger partial charge >= 0.3 is 0 Å². The van der Waals surface area contributed by atoms with E-state index in [4.69, 9.17) is 4.52 Å². The molecule has 1 amide bonds. The lowest BCUT2D eigenvalue weighted by molar-refractivity contribution is -0.120. The van der Waals surface area contributed by atoms with Crippen LogP contribution in [0.25, 0.3) is 5.78 Å². The number of anilines is 2. The highest BCUT2D eigenvalue weighted by atomic mass is 32.2. The minimum absolute atomic E-state index is 0.127. The van der Waals surface area contributed by atoms with Gasteiger partial charge in [0.05, 0.1) is 11.3 Å². The highest BCUT2D eigenvalue weighted by molar-refractivity contribution is 7.99. The summed E-state index contributed by atoms with van der Waals surface area (Å²) >= 11 is 1.24. The van der Waals surface area contributed by atoms with Gasteiger partial charge in [-0.2, -0.15) is 15.0 Å². The van der Waals surface area contributed by atoms with Crippen LogP contribution >= 0.6 is 11.8 Å². The van der Waals surface area contributed by atoms with E-state index in [1.807, 2.05) is 27.7 Å². The van der Waals surface area contributed by atoms with Gasteiger partial charge in [-0.15, -0.1) is 10.2 Å². The first-order valence-corrected chi connectivity index (χ1v) is 10.2. The van der Waals surface area contributed by atoms with Crippen molar-refractivity contribution in [2.45, 2.75) is 45.3 Å². The van der Waals surface area contributed by atoms with E-state index in [0.717, 1.165) is 0 Å². The Kier molecular flexibility index (Phi) is 6.15. The van der Waals surface area contributed by atoms with Crippen molar-refractivity contribution in [3.8, 4) is 0 Å². The highest BCUT2D eigenvalue weighted by Crippen LogP contribution is 2.22. The second kappa shape index (κ2) is 8.59. The van der Waals surface area contributed by atoms with Crippen molar-refractivity contribution in [2.24, 2.45) is 0 Å². The first kappa shape index (κ1) is 20.8. The number of aromatic nitrogens is 7. The summed E-state index contributed by atoms with van der Waals surface area (Å²) in [7, 11) is 0. The Morgan fingerprint density at radius 1 is 1.14 bits per heavy atom. The number of hydrogen-bond donors (Lipinski definition) is 3. The van der Waals surface area contributed by atoms with Gasteiger partial charge in [0.1, 0.15) is 0 Å². The van der Waals surface area contributed by atoms with Crippen molar-refractivity contribution in [2.75, 3.05) is 29.5 Å². The smallest absolute Gasteiger partial charge is 0.261 e. The zero-order valence-corrected chi connectivity index (χ0v) is 17.8. The Morgan fingerprint density at radius 2 is 1.90 bits per heavy atom. The number of thioether (sulfide) groups is 1. The molecule has 0 saturated carbocycles. The van der Waals surface area contributed by atoms with Gasteiger partial charge in [-0.25, -0.2) is 4.40 Å². The minimum atomic E-state index is -0.763. The lowest BCUT2D eigenvalue weighted by Gasteiger charge is -2.22. The summed E-state index contributed by atoms with van der Waals surface area (Å²) in [6, 6.07) is 0. The summed E-state index contributed by atoms with van der Waals surface area (Å²) in [5, 5.41) is 21.8. The SMILES string of the molecule is CCNc1nc(NCC)n2c(SCC(=O)NC(C)(C)c3noc(C)n3)nnc2n1. The van der Waals surface area contributed by atoms with Crippen LogP contribution in [0.3, 0.4) is 0 Å². The maximum absolute atomic E-state index is 12.5. The molecule has 12 nitrogen and oxygen atoms in total. The summed E-state index contributed by atoms with van der Waals surface area (Å²) in [6.45, 7) is 10.6. The predicted molar refractivity (Wildman–Crippen MR) is 108 cm³/mol. The zero-order chi connectivity index (χ0) is 21.0. The van der Waals surface area contributed by atoms with Gasteiger partial charge in [0, 0.05) is 20.0 Å². The van der Waals surface area contributed by atoms with Crippen molar-refractivity contribution in [1.29, 1.82) is 0 Å². The first-order valence-electron chi connectivity index (χ1n) is 9.19. The number of fused-ring (bicyclic) bond motifs is 1. The fraction of sp³-hybridized carbons (Fsp3) is 0.562. The number of carbonyl (C=O) groups is 1. The van der Waals surface area contributed by atoms with E-state index in [1.165, 1.54) is 11.8 Å². The molecule has 0 radical (unpaired) electrons. The molecule has 0 aliphatic heterocycles. The Labute approximate surface area is 171 Å². The van der Waals surface area contributed by atoms with E-state index in [2.05, 4.69) is 46.3 Å². The Balaban J connectivity index is 1.73. The number of aryl methyl sites for hydroxylation is 1. The summed E-state index contributed by atoms with van der Waals surface area (Å²) in [5.74, 6) is 2.21. The molecule has 0 aromatic carbocycles. The molecule has 0 unspecified atom stereocenters. The second-order valence-corrected chi connectivity index (χ2v) is 7.59. The average Bonchev–Trinajstić information content (AvgIpc) is 3.27. The quantitative estimate of drug-likeness (QED) is 0.429. The molecule has 13 heteroatoms. The van der Waals surface area contributed by atoms with E-state index < -0.39 is 5.54 Å². The van der Waals surface area contributed by atoms with Crippen LogP contribution in [0.15, 0.2) is 9.68 Å². The molecular weight excluding hydrogens is 396 g/mol. The summed E-state index contributed by atoms with van der Waals surface area (Å²) in [4.78, 5) is 25.5. The summed E-state index contributed by atoms with van der Waals surface area (Å²) < 4.78 is 6.69. The Hall–Kier alpha value is -2.96. The second-order valence-electron chi connectivity index (χ2n) is 6.65. The molecule has 0 aliphatic rings. The van der Waals surface area contributed by atoms with Crippen LogP contribution in [-0.4, -0.2) is 59.5 Å². The monoisotopic (exact) mass is 420 g/mol. The van der Waals surface area contributed by atoms with Crippen LogP contribution in [0.1, 0.15) is 39.4 Å². The fourth-order valence-corrected chi connectivity index (χ4v) is 3.25. The standard InChI is InChI=1S/C16H24N10O2S/c1-6-17-12-20-13(18-7-2)26-14(21-12)23-24-15(26)29-8-10(27)22-16(4,5)11-19-9(3)28-25-11/h6-8H2,1-5H3,(H,22,27)(H2,17,18,20,21,23). The van der Waals surface area contributed by atoms with Crippen molar-refractivity contribution in [3.05, 3.63) is 11.7 Å². The number of hydrogen-bond acceptors (Lipinski definition) is 11. The number of rotatable bonds is 9. The number of carbonyl (C=O) groups excluding carboxylic acids is 1. The van der Waals surface area contributed by atoms with Crippen molar-refractivity contribution >= 4 is 35.3 Å². The van der Waals surface area contributed by atoms with Crippen LogP contribution in [-0.2, 0) is 10.3 Å². The Bertz CT molecular complexity index is 999. The maximum Gasteiger partial charge on any atom is 0.261 e. The lowest BCUT2D eigenvalue weighted by Crippen LogP contribution is -2.42. The van der Waals surface area contributed by atoms with E-state index in [9.17, 15) is 4.79 Å². The van der Waals surface area contributed by atoms with E-state index >= 15 is 0 Å². The minimum Gasteiger partial charge on any atom is -0.355 e. The predicted octanol–water partition coefficient (Wildman–Crippen LogP) is 1.22. The van der Waals surface area contributed by atoms with E-state index in [0.29, 0.717) is 47.6 Å². The van der Waals surface area contributed by atoms with E-state index in [1.54, 1.807) is 11.3 Å². The highest BCUT2D eigenvalue weighted by Gasteiger charge is 2.28. The lowest BCUT2D eigenvalue weighted by atomic mass is 10.1. The van der Waals surface area contributed by atoms with Gasteiger partial charge in [0.25, 0.3) is 5.78 Å². The molecular formula is C16H24N10O2S. The van der Waals surface area contributed by atoms with E-state index in [-0.39, 0.29) is 11.7 Å². The molecule has 3 aromatic rings. The average molecular weight is 421 g/mol. The van der Waals surface area contributed by atoms with Gasteiger partial charge in [-0.05, 0) is 27.7 Å². The molecule has 0 spiro atoms. The van der Waals surface area contributed by atoms with Gasteiger partial charge in [0.15, 0.2) is 11.0 Å². The van der Waals surface area contributed by atoms with Crippen molar-refractivity contribution in [1.82, 2.24) is 40.0 Å². The van der Waals surface area contributed by atoms with Gasteiger partial charge in [0.2, 0.25) is 23.7 Å². The molecule has 0 fully saturated rings. The molecule has 3 aromatic heterocycles. The first-order chi connectivity index (χ1) is 13.8. The topological polar surface area (TPSA) is 148 Å². The molecule has 29 heavy (non-hydrogen) atoms. The third-order valence-corrected chi connectivity index (χ3v) is 4.72. The molecule has 3 N–H and O–H groups in total. The van der Waals surface area contributed by atoms with Crippen LogP contribution in [0.5, 0.6) is 0 Å². The normalized spacial score (nSPS) is 11.6. The molecule has 0 aliphatic carbocycles. The number of amides is 1. The molecule has 3 rings (SSSR count).